The largest absolute Gasteiger partial charge is 0.441 e. The van der Waals surface area contributed by atoms with Crippen LogP contribution in [0.15, 0.2) is 47.7 Å². The van der Waals surface area contributed by atoms with E-state index in [0.717, 1.165) is 18.4 Å². The fourth-order valence-electron chi connectivity index (χ4n) is 7.49. The average Bonchev–Trinajstić information content (AvgIpc) is 3.63. The number of rotatable bonds is 13. The summed E-state index contributed by atoms with van der Waals surface area (Å²) in [6.45, 7) is 13.4. The van der Waals surface area contributed by atoms with Crippen LogP contribution in [0, 0.1) is 5.92 Å². The Balaban J connectivity index is 1.53. The molecule has 0 bridgehead atoms. The molecule has 1 unspecified atom stereocenters. The van der Waals surface area contributed by atoms with Crippen LogP contribution in [0.5, 0.6) is 0 Å². The molecule has 4 heterocycles. The molecular weight excluding hydrogens is 633 g/mol. The van der Waals surface area contributed by atoms with Crippen molar-refractivity contribution in [2.45, 2.75) is 110 Å². The summed E-state index contributed by atoms with van der Waals surface area (Å²) in [5, 5.41) is 17.5. The second kappa shape index (κ2) is 14.0. The molecule has 2 aromatic rings. The van der Waals surface area contributed by atoms with E-state index in [0.29, 0.717) is 48.6 Å². The van der Waals surface area contributed by atoms with E-state index in [4.69, 9.17) is 9.47 Å². The van der Waals surface area contributed by atoms with Gasteiger partial charge < -0.3 is 23.6 Å². The molecule has 1 aromatic heterocycles. The normalized spacial score (nSPS) is 25.5. The van der Waals surface area contributed by atoms with E-state index in [1.807, 2.05) is 13.0 Å². The van der Waals surface area contributed by atoms with Gasteiger partial charge in [0.15, 0.2) is 11.8 Å². The fraction of sp³-hybridized carbons (Fsp3) is 0.571. The molecule has 0 aliphatic carbocycles. The molecule has 11 nitrogen and oxygen atoms in total. The third-order valence-corrected chi connectivity index (χ3v) is 12.2. The van der Waals surface area contributed by atoms with Crippen molar-refractivity contribution in [3.05, 3.63) is 59.0 Å². The summed E-state index contributed by atoms with van der Waals surface area (Å²) >= 11 is 0. The van der Waals surface area contributed by atoms with Gasteiger partial charge in [-0.15, -0.1) is 5.10 Å². The first-order chi connectivity index (χ1) is 22.7. The highest BCUT2D eigenvalue weighted by Gasteiger charge is 2.66. The van der Waals surface area contributed by atoms with E-state index >= 15 is 4.11 Å². The topological polar surface area (TPSA) is 127 Å². The predicted octanol–water partition coefficient (Wildman–Crippen LogP) is 5.34. The minimum absolute atomic E-state index is 0.0387. The number of esters is 1. The Bertz CT molecular complexity index is 1610. The lowest BCUT2D eigenvalue weighted by Crippen LogP contribution is -2.55. The second-order valence-electron chi connectivity index (χ2n) is 14.0. The zero-order valence-corrected chi connectivity index (χ0v) is 30.0. The first-order valence-corrected chi connectivity index (χ1v) is 19.7. The van der Waals surface area contributed by atoms with Crippen LogP contribution in [-0.2, 0) is 42.4 Å². The molecule has 260 valence electrons. The maximum absolute atomic E-state index is 16.3. The molecule has 2 saturated heterocycles. The maximum atomic E-state index is 16.3. The van der Waals surface area contributed by atoms with E-state index in [-0.39, 0.29) is 24.8 Å². The van der Waals surface area contributed by atoms with Crippen molar-refractivity contribution in [2.75, 3.05) is 23.0 Å². The van der Waals surface area contributed by atoms with Gasteiger partial charge in [0.2, 0.25) is 14.3 Å². The van der Waals surface area contributed by atoms with Gasteiger partial charge in [0, 0.05) is 61.9 Å². The fourth-order valence-corrected chi connectivity index (χ4v) is 10.0. The molecule has 3 aliphatic heterocycles. The van der Waals surface area contributed by atoms with Gasteiger partial charge in [-0.1, -0.05) is 35.4 Å². The number of hydrogen-bond acceptors (Lipinski definition) is 8. The number of carbonyl (C=O) groups is 3. The lowest BCUT2D eigenvalue weighted by molar-refractivity contribution is -0.153. The summed E-state index contributed by atoms with van der Waals surface area (Å²) in [6, 6.07) is 5.36. The van der Waals surface area contributed by atoms with Crippen LogP contribution in [0.1, 0.15) is 71.6 Å². The molecule has 1 aromatic carbocycles. The number of benzene rings is 1. The number of aromatic nitrogens is 3. The number of ether oxygens (including phenoxy) is 2. The highest BCUT2D eigenvalue weighted by molar-refractivity contribution is 6.72. The van der Waals surface area contributed by atoms with E-state index in [9.17, 15) is 19.5 Å². The molecule has 1 spiro atoms. The molecule has 48 heavy (non-hydrogen) atoms. The summed E-state index contributed by atoms with van der Waals surface area (Å²) in [5.74, 6) is -1.46. The maximum Gasteiger partial charge on any atom is 0.304 e. The molecule has 3 aliphatic rings. The molecule has 5 atom stereocenters. The van der Waals surface area contributed by atoms with E-state index in [2.05, 4.69) is 43.2 Å². The van der Waals surface area contributed by atoms with Gasteiger partial charge in [-0.05, 0) is 71.3 Å². The number of aliphatic hydroxyl groups is 1. The Morgan fingerprint density at radius 2 is 1.96 bits per heavy atom. The van der Waals surface area contributed by atoms with E-state index in [1.54, 1.807) is 41.0 Å². The third-order valence-electron chi connectivity index (χ3n) is 9.74. The predicted molar refractivity (Wildman–Crippen MR) is 182 cm³/mol. The van der Waals surface area contributed by atoms with Crippen molar-refractivity contribution in [3.63, 3.8) is 0 Å². The van der Waals surface area contributed by atoms with Crippen LogP contribution in [0.25, 0.3) is 0 Å². The molecule has 0 radical (unpaired) electrons. The number of amides is 2. The number of aryl methyl sites for hydroxylation is 1. The number of allylic oxidation sites excluding steroid dienone is 3. The number of carbonyl (C=O) groups excluding carboxylic acids is 3. The summed E-state index contributed by atoms with van der Waals surface area (Å²) in [6.07, 6.45) is 7.32. The Morgan fingerprint density at radius 3 is 2.60 bits per heavy atom. The van der Waals surface area contributed by atoms with Crippen LogP contribution >= 0.6 is 0 Å². The van der Waals surface area contributed by atoms with E-state index < -0.39 is 43.8 Å². The average molecular weight is 682 g/mol. The number of halogens is 1. The van der Waals surface area contributed by atoms with Gasteiger partial charge in [-0.2, -0.15) is 0 Å². The van der Waals surface area contributed by atoms with Crippen LogP contribution < -0.4 is 9.80 Å². The lowest BCUT2D eigenvalue weighted by Gasteiger charge is -2.39. The quantitative estimate of drug-likeness (QED) is 0.0987. The number of hydrogen-bond donors (Lipinski definition) is 1. The van der Waals surface area contributed by atoms with Crippen LogP contribution in [-0.4, -0.2) is 71.8 Å². The number of β-lactam (4-membered cyclic amide) rings is 1. The van der Waals surface area contributed by atoms with Gasteiger partial charge in [0.1, 0.15) is 0 Å². The SMILES string of the molecule is CC(=O)OC1CC(=O)N1c1ccc2c(c1)[C@@]1(O[C@H](CCn3cc(CCO)nn3)[C@@H]([Si](C)(C)F)[C@@H]1C)C(=O)N2C/C=C(\C)CCC=C(C)C. The Hall–Kier alpha value is -3.68. The number of nitrogens with zero attached hydrogens (tertiary/aromatic N) is 5. The zero-order valence-electron chi connectivity index (χ0n) is 29.0. The first-order valence-electron chi connectivity index (χ1n) is 16.8. The van der Waals surface area contributed by atoms with Crippen molar-refractivity contribution in [1.29, 1.82) is 0 Å². The monoisotopic (exact) mass is 681 g/mol. The van der Waals surface area contributed by atoms with Crippen LogP contribution in [0.4, 0.5) is 15.5 Å². The van der Waals surface area contributed by atoms with Crippen LogP contribution in [0.3, 0.4) is 0 Å². The number of aliphatic hydroxyl groups excluding tert-OH is 1. The highest BCUT2D eigenvalue weighted by atomic mass is 28.4. The smallest absolute Gasteiger partial charge is 0.304 e. The molecular formula is C35H48FN5O6Si. The molecule has 0 saturated carbocycles. The Labute approximate surface area is 282 Å². The van der Waals surface area contributed by atoms with Gasteiger partial charge in [-0.25, -0.2) is 0 Å². The third kappa shape index (κ3) is 6.90. The van der Waals surface area contributed by atoms with Crippen molar-refractivity contribution in [3.8, 4) is 0 Å². The molecule has 2 amide bonds. The van der Waals surface area contributed by atoms with Gasteiger partial charge in [-0.3, -0.25) is 24.0 Å². The van der Waals surface area contributed by atoms with Gasteiger partial charge in [0.05, 0.1) is 23.9 Å². The summed E-state index contributed by atoms with van der Waals surface area (Å²) < 4.78 is 30.3. The summed E-state index contributed by atoms with van der Waals surface area (Å²) in [5.41, 5.74) is 2.81. The van der Waals surface area contributed by atoms with Crippen molar-refractivity contribution in [1.82, 2.24) is 15.0 Å². The molecule has 13 heteroatoms. The van der Waals surface area contributed by atoms with E-state index in [1.165, 1.54) is 17.4 Å². The Morgan fingerprint density at radius 1 is 1.21 bits per heavy atom. The van der Waals surface area contributed by atoms with Crippen molar-refractivity contribution >= 4 is 37.6 Å². The van der Waals surface area contributed by atoms with Crippen molar-refractivity contribution < 1.29 is 33.1 Å². The molecule has 5 rings (SSSR count). The first kappa shape index (κ1) is 35.6. The summed E-state index contributed by atoms with van der Waals surface area (Å²) in [4.78, 5) is 42.4. The number of fused-ring (bicyclic) bond motifs is 2. The van der Waals surface area contributed by atoms with Gasteiger partial charge in [0.25, 0.3) is 5.91 Å². The summed E-state index contributed by atoms with van der Waals surface area (Å²) in [7, 11) is -3.41. The second-order valence-corrected chi connectivity index (χ2v) is 17.8. The molecule has 2 fully saturated rings. The molecule has 1 N–H and O–H groups in total. The lowest BCUT2D eigenvalue weighted by atomic mass is 9.82. The minimum Gasteiger partial charge on any atom is -0.441 e. The van der Waals surface area contributed by atoms with Crippen LogP contribution in [0.2, 0.25) is 18.6 Å². The van der Waals surface area contributed by atoms with Gasteiger partial charge >= 0.3 is 5.97 Å². The highest BCUT2D eigenvalue weighted by Crippen LogP contribution is 2.60. The minimum atomic E-state index is -3.41. The zero-order chi connectivity index (χ0) is 35.0. The van der Waals surface area contributed by atoms with Crippen molar-refractivity contribution in [2.24, 2.45) is 5.92 Å². The standard InChI is InChI=1S/C35H48FN5O6Si/c1-22(2)9-8-10-23(3)13-17-40-29-12-11-27(41-31(44)20-32(41)46-25(5)43)19-28(29)35(34(40)45)24(4)33(48(6,7)36)30(47-35)14-16-39-21-26(15-18-42)37-38-39/h9,11-13,19,21,24,30,32-33,42H,8,10,14-18,20H2,1-7H3/b23-13+/t24-,30+,32?,33-,35+/m0/s1. The Kier molecular flexibility index (Phi) is 10.4. The number of anilines is 2.